The largest absolute Gasteiger partial charge is 0.340 e. The highest BCUT2D eigenvalue weighted by Crippen LogP contribution is 2.45. The van der Waals surface area contributed by atoms with Crippen LogP contribution < -0.4 is 5.32 Å². The number of likely N-dealkylation sites (tertiary alicyclic amines) is 1. The maximum atomic E-state index is 13.7. The van der Waals surface area contributed by atoms with Crippen molar-refractivity contribution >= 4 is 5.91 Å². The van der Waals surface area contributed by atoms with E-state index in [1.54, 1.807) is 12.1 Å². The van der Waals surface area contributed by atoms with Crippen LogP contribution in [-0.4, -0.2) is 61.0 Å². The van der Waals surface area contributed by atoms with Crippen LogP contribution in [0.5, 0.6) is 0 Å². The molecule has 3 aliphatic rings. The highest BCUT2D eigenvalue weighted by Gasteiger charge is 2.49. The third-order valence-electron chi connectivity index (χ3n) is 6.11. The standard InChI is InChI=1S/C19H26FN3O/c20-16-4-1-3-15(13-16)19(6-2-7-19)18(24)23-10-5-17(14-23)22-11-8-21-9-12-22/h1,3-4,13,17,21H,2,5-12,14H2. The lowest BCUT2D eigenvalue weighted by Gasteiger charge is -2.43. The number of benzene rings is 1. The van der Waals surface area contributed by atoms with Crippen molar-refractivity contribution in [3.63, 3.8) is 0 Å². The molecule has 1 unspecified atom stereocenters. The molecular weight excluding hydrogens is 305 g/mol. The molecule has 1 saturated carbocycles. The summed E-state index contributed by atoms with van der Waals surface area (Å²) in [6, 6.07) is 7.15. The van der Waals surface area contributed by atoms with Crippen LogP contribution in [0.4, 0.5) is 4.39 Å². The highest BCUT2D eigenvalue weighted by molar-refractivity contribution is 5.89. The molecule has 0 radical (unpaired) electrons. The minimum Gasteiger partial charge on any atom is -0.340 e. The number of amides is 1. The Morgan fingerprint density at radius 3 is 2.67 bits per heavy atom. The van der Waals surface area contributed by atoms with Gasteiger partial charge >= 0.3 is 0 Å². The molecular formula is C19H26FN3O. The number of hydrogen-bond donors (Lipinski definition) is 1. The summed E-state index contributed by atoms with van der Waals surface area (Å²) in [4.78, 5) is 17.8. The van der Waals surface area contributed by atoms with E-state index >= 15 is 0 Å². The summed E-state index contributed by atoms with van der Waals surface area (Å²) >= 11 is 0. The predicted octanol–water partition coefficient (Wildman–Crippen LogP) is 1.75. The molecule has 4 nitrogen and oxygen atoms in total. The number of carbonyl (C=O) groups is 1. The van der Waals surface area contributed by atoms with Crippen LogP contribution in [0.15, 0.2) is 24.3 Å². The van der Waals surface area contributed by atoms with Gasteiger partial charge in [0.2, 0.25) is 5.91 Å². The first-order chi connectivity index (χ1) is 11.7. The molecule has 0 bridgehead atoms. The van der Waals surface area contributed by atoms with Crippen LogP contribution in [0, 0.1) is 5.82 Å². The monoisotopic (exact) mass is 331 g/mol. The molecule has 1 aliphatic carbocycles. The summed E-state index contributed by atoms with van der Waals surface area (Å²) in [7, 11) is 0. The van der Waals surface area contributed by atoms with Gasteiger partial charge in [0.05, 0.1) is 5.41 Å². The van der Waals surface area contributed by atoms with Gasteiger partial charge in [-0.2, -0.15) is 0 Å². The first-order valence-corrected chi connectivity index (χ1v) is 9.19. The maximum Gasteiger partial charge on any atom is 0.233 e. The van der Waals surface area contributed by atoms with Gasteiger partial charge in [-0.05, 0) is 37.0 Å². The van der Waals surface area contributed by atoms with E-state index in [2.05, 4.69) is 10.2 Å². The Hall–Kier alpha value is -1.46. The molecule has 1 amide bonds. The van der Waals surface area contributed by atoms with Gasteiger partial charge in [-0.25, -0.2) is 4.39 Å². The Balaban J connectivity index is 1.48. The Morgan fingerprint density at radius 2 is 2.00 bits per heavy atom. The van der Waals surface area contributed by atoms with E-state index in [9.17, 15) is 9.18 Å². The lowest BCUT2D eigenvalue weighted by Crippen LogP contribution is -2.52. The molecule has 2 aliphatic heterocycles. The van der Waals surface area contributed by atoms with Crippen molar-refractivity contribution in [1.29, 1.82) is 0 Å². The first kappa shape index (κ1) is 16.0. The Kier molecular flexibility index (Phi) is 4.31. The van der Waals surface area contributed by atoms with Crippen LogP contribution in [0.1, 0.15) is 31.2 Å². The normalized spacial score (nSPS) is 27.0. The third kappa shape index (κ3) is 2.74. The summed E-state index contributed by atoms with van der Waals surface area (Å²) in [5.41, 5.74) is 0.393. The molecule has 1 aromatic rings. The Morgan fingerprint density at radius 1 is 1.21 bits per heavy atom. The SMILES string of the molecule is O=C(N1CCC(N2CCNCC2)C1)C1(c2cccc(F)c2)CCC1. The second-order valence-corrected chi connectivity index (χ2v) is 7.43. The van der Waals surface area contributed by atoms with Crippen molar-refractivity contribution in [2.24, 2.45) is 0 Å². The molecule has 3 fully saturated rings. The zero-order valence-corrected chi connectivity index (χ0v) is 14.1. The molecule has 5 heteroatoms. The summed E-state index contributed by atoms with van der Waals surface area (Å²) in [5.74, 6) is -0.0244. The van der Waals surface area contributed by atoms with Gasteiger partial charge in [0.25, 0.3) is 0 Å². The van der Waals surface area contributed by atoms with Gasteiger partial charge in [0.15, 0.2) is 0 Å². The van der Waals surface area contributed by atoms with E-state index in [0.717, 1.165) is 70.5 Å². The summed E-state index contributed by atoms with van der Waals surface area (Å²) < 4.78 is 13.7. The minimum absolute atomic E-state index is 0.219. The van der Waals surface area contributed by atoms with Crippen LogP contribution >= 0.6 is 0 Å². The van der Waals surface area contributed by atoms with E-state index in [1.165, 1.54) is 6.07 Å². The van der Waals surface area contributed by atoms with Crippen molar-refractivity contribution in [3.8, 4) is 0 Å². The zero-order valence-electron chi connectivity index (χ0n) is 14.1. The molecule has 1 atom stereocenters. The number of nitrogens with one attached hydrogen (secondary N) is 1. The van der Waals surface area contributed by atoms with Crippen molar-refractivity contribution in [3.05, 3.63) is 35.6 Å². The lowest BCUT2D eigenvalue weighted by atomic mass is 9.63. The van der Waals surface area contributed by atoms with Crippen LogP contribution in [0.25, 0.3) is 0 Å². The van der Waals surface area contributed by atoms with Gasteiger partial charge in [0.1, 0.15) is 5.82 Å². The number of rotatable bonds is 3. The molecule has 0 aromatic heterocycles. The number of piperazine rings is 1. The van der Waals surface area contributed by atoms with Crippen molar-refractivity contribution in [2.45, 2.75) is 37.1 Å². The average molecular weight is 331 g/mol. The van der Waals surface area contributed by atoms with Crippen LogP contribution in [-0.2, 0) is 10.2 Å². The van der Waals surface area contributed by atoms with Crippen LogP contribution in [0.2, 0.25) is 0 Å². The van der Waals surface area contributed by atoms with E-state index in [4.69, 9.17) is 0 Å². The average Bonchev–Trinajstić information content (AvgIpc) is 3.05. The van der Waals surface area contributed by atoms with E-state index in [1.807, 2.05) is 11.0 Å². The Bertz CT molecular complexity index is 610. The summed E-state index contributed by atoms with van der Waals surface area (Å²) in [6.07, 6.45) is 3.82. The number of halogens is 1. The van der Waals surface area contributed by atoms with Gasteiger partial charge < -0.3 is 10.2 Å². The fourth-order valence-corrected chi connectivity index (χ4v) is 4.52. The van der Waals surface area contributed by atoms with E-state index in [-0.39, 0.29) is 11.7 Å². The maximum absolute atomic E-state index is 13.7. The summed E-state index contributed by atoms with van der Waals surface area (Å²) in [5, 5.41) is 3.38. The fourth-order valence-electron chi connectivity index (χ4n) is 4.52. The van der Waals surface area contributed by atoms with E-state index < -0.39 is 5.41 Å². The zero-order chi connectivity index (χ0) is 16.6. The molecule has 24 heavy (non-hydrogen) atoms. The molecule has 1 N–H and O–H groups in total. The Labute approximate surface area is 143 Å². The molecule has 0 spiro atoms. The quantitative estimate of drug-likeness (QED) is 0.917. The second-order valence-electron chi connectivity index (χ2n) is 7.43. The first-order valence-electron chi connectivity index (χ1n) is 9.19. The second kappa shape index (κ2) is 6.45. The van der Waals surface area contributed by atoms with Crippen molar-refractivity contribution in [1.82, 2.24) is 15.1 Å². The molecule has 2 saturated heterocycles. The molecule has 1 aromatic carbocycles. The molecule has 4 rings (SSSR count). The van der Waals surface area contributed by atoms with Crippen LogP contribution in [0.3, 0.4) is 0 Å². The summed E-state index contributed by atoms with van der Waals surface area (Å²) in [6.45, 7) is 5.89. The van der Waals surface area contributed by atoms with Crippen molar-refractivity contribution in [2.75, 3.05) is 39.3 Å². The third-order valence-corrected chi connectivity index (χ3v) is 6.11. The predicted molar refractivity (Wildman–Crippen MR) is 91.4 cm³/mol. The minimum atomic E-state index is -0.472. The fraction of sp³-hybridized carbons (Fsp3) is 0.632. The van der Waals surface area contributed by atoms with Gasteiger partial charge in [-0.15, -0.1) is 0 Å². The number of carbonyl (C=O) groups excluding carboxylic acids is 1. The smallest absolute Gasteiger partial charge is 0.233 e. The molecule has 130 valence electrons. The van der Waals surface area contributed by atoms with Gasteiger partial charge in [-0.3, -0.25) is 9.69 Å². The number of nitrogens with zero attached hydrogens (tertiary/aromatic N) is 2. The highest BCUT2D eigenvalue weighted by atomic mass is 19.1. The van der Waals surface area contributed by atoms with Crippen molar-refractivity contribution < 1.29 is 9.18 Å². The number of hydrogen-bond acceptors (Lipinski definition) is 3. The van der Waals surface area contributed by atoms with Gasteiger partial charge in [-0.1, -0.05) is 18.6 Å². The molecule has 2 heterocycles. The van der Waals surface area contributed by atoms with Gasteiger partial charge in [0, 0.05) is 45.3 Å². The topological polar surface area (TPSA) is 35.6 Å². The lowest BCUT2D eigenvalue weighted by molar-refractivity contribution is -0.140. The van der Waals surface area contributed by atoms with E-state index in [0.29, 0.717) is 6.04 Å².